The van der Waals surface area contributed by atoms with Gasteiger partial charge < -0.3 is 14.7 Å². The Balaban J connectivity index is 1.11. The lowest BCUT2D eigenvalue weighted by Gasteiger charge is -2.45. The van der Waals surface area contributed by atoms with Crippen LogP contribution >= 0.6 is 0 Å². The fraction of sp³-hybridized carbons (Fsp3) is 0.517. The highest BCUT2D eigenvalue weighted by Crippen LogP contribution is 2.47. The molecule has 0 aromatic heterocycles. The fourth-order valence-electron chi connectivity index (χ4n) is 6.30. The van der Waals surface area contributed by atoms with Crippen molar-refractivity contribution in [1.29, 1.82) is 0 Å². The molecule has 2 aliphatic carbocycles. The Morgan fingerprint density at radius 3 is 2.44 bits per heavy atom. The predicted octanol–water partition coefficient (Wildman–Crippen LogP) is 5.60. The zero-order chi connectivity index (χ0) is 24.9. The second-order valence-electron chi connectivity index (χ2n) is 11.1. The molecule has 1 saturated heterocycles. The van der Waals surface area contributed by atoms with Crippen LogP contribution in [0.25, 0.3) is 11.1 Å². The van der Waals surface area contributed by atoms with E-state index in [-0.39, 0.29) is 17.3 Å². The Morgan fingerprint density at radius 1 is 1.11 bits per heavy atom. The molecule has 2 aromatic rings. The van der Waals surface area contributed by atoms with Crippen molar-refractivity contribution in [2.45, 2.75) is 63.0 Å². The average molecular weight is 493 g/mol. The minimum absolute atomic E-state index is 0.206. The number of carbonyl (C=O) groups is 1. The van der Waals surface area contributed by atoms with Gasteiger partial charge in [-0.2, -0.15) is 0 Å². The smallest absolute Gasteiger partial charge is 0.306 e. The molecule has 0 amide bonds. The highest BCUT2D eigenvalue weighted by Gasteiger charge is 2.51. The van der Waals surface area contributed by atoms with Crippen molar-refractivity contribution in [3.63, 3.8) is 0 Å². The van der Waals surface area contributed by atoms with E-state index in [1.54, 1.807) is 7.11 Å². The van der Waals surface area contributed by atoms with E-state index in [9.17, 15) is 14.3 Å². The molecule has 2 aliphatic heterocycles. The molecule has 0 bridgehead atoms. The molecule has 0 unspecified atom stereocenters. The number of nitrogens with zero attached hydrogens (tertiary/aromatic N) is 2. The van der Waals surface area contributed by atoms with E-state index >= 15 is 0 Å². The Bertz CT molecular complexity index is 1180. The molecule has 4 aliphatic rings. The molecule has 0 atom stereocenters. The number of hydrogen-bond donors (Lipinski definition) is 1. The van der Waals surface area contributed by atoms with Crippen LogP contribution in [0.5, 0.6) is 5.75 Å². The van der Waals surface area contributed by atoms with Gasteiger partial charge in [-0.05, 0) is 85.4 Å². The Morgan fingerprint density at radius 2 is 1.81 bits per heavy atom. The molecule has 1 spiro atoms. The molecule has 2 heterocycles. The second-order valence-corrected chi connectivity index (χ2v) is 11.1. The number of likely N-dealkylation sites (tertiary alicyclic amines) is 1. The zero-order valence-corrected chi connectivity index (χ0v) is 20.7. The highest BCUT2D eigenvalue weighted by molar-refractivity contribution is 5.89. The molecule has 36 heavy (non-hydrogen) atoms. The third-order valence-corrected chi connectivity index (χ3v) is 8.45. The highest BCUT2D eigenvalue weighted by atomic mass is 19.1. The standard InChI is InChI=1S/C29H33FN2O4/c1-35-27-13-25(19-8-10-23(30)11-9-19)24(18-2-3-18)12-22(27)15-32-16-29(17-32)14-26(31-36-29)20-4-6-21(7-5-20)28(33)34/h8-13,18,20-21H,2-7,14-17H2,1H3,(H,33,34)/t20-,21-. The van der Waals surface area contributed by atoms with Crippen LogP contribution in [0.3, 0.4) is 0 Å². The number of hydrogen-bond acceptors (Lipinski definition) is 5. The zero-order valence-electron chi connectivity index (χ0n) is 20.7. The number of ether oxygens (including phenoxy) is 1. The van der Waals surface area contributed by atoms with E-state index in [0.717, 1.165) is 74.3 Å². The van der Waals surface area contributed by atoms with Gasteiger partial charge in [-0.1, -0.05) is 17.3 Å². The van der Waals surface area contributed by atoms with Crippen LogP contribution in [0, 0.1) is 17.7 Å². The summed E-state index contributed by atoms with van der Waals surface area (Å²) < 4.78 is 19.3. The second kappa shape index (κ2) is 9.18. The largest absolute Gasteiger partial charge is 0.496 e. The summed E-state index contributed by atoms with van der Waals surface area (Å²) in [4.78, 5) is 19.6. The van der Waals surface area contributed by atoms with E-state index < -0.39 is 5.97 Å². The first-order chi connectivity index (χ1) is 17.4. The van der Waals surface area contributed by atoms with E-state index in [0.29, 0.717) is 11.8 Å². The lowest BCUT2D eigenvalue weighted by Crippen LogP contribution is -2.61. The number of carboxylic acids is 1. The molecule has 1 N–H and O–H groups in total. The van der Waals surface area contributed by atoms with Crippen molar-refractivity contribution in [3.05, 3.63) is 53.3 Å². The van der Waals surface area contributed by atoms with Crippen molar-refractivity contribution in [2.24, 2.45) is 17.0 Å². The minimum Gasteiger partial charge on any atom is -0.496 e. The van der Waals surface area contributed by atoms with Crippen molar-refractivity contribution in [1.82, 2.24) is 4.90 Å². The van der Waals surface area contributed by atoms with Gasteiger partial charge in [-0.3, -0.25) is 9.69 Å². The Hall–Kier alpha value is -2.93. The van der Waals surface area contributed by atoms with Crippen molar-refractivity contribution in [3.8, 4) is 16.9 Å². The summed E-state index contributed by atoms with van der Waals surface area (Å²) in [6, 6.07) is 11.1. The van der Waals surface area contributed by atoms with Gasteiger partial charge in [0, 0.05) is 37.5 Å². The number of methoxy groups -OCH3 is 1. The van der Waals surface area contributed by atoms with Gasteiger partial charge in [0.1, 0.15) is 11.6 Å². The number of rotatable bonds is 7. The quantitative estimate of drug-likeness (QED) is 0.545. The maximum Gasteiger partial charge on any atom is 0.306 e. The van der Waals surface area contributed by atoms with Crippen LogP contribution in [-0.2, 0) is 16.2 Å². The summed E-state index contributed by atoms with van der Waals surface area (Å²) in [7, 11) is 1.71. The van der Waals surface area contributed by atoms with Gasteiger partial charge >= 0.3 is 5.97 Å². The summed E-state index contributed by atoms with van der Waals surface area (Å²) >= 11 is 0. The first-order valence-electron chi connectivity index (χ1n) is 13.1. The minimum atomic E-state index is -0.671. The topological polar surface area (TPSA) is 71.4 Å². The summed E-state index contributed by atoms with van der Waals surface area (Å²) in [6.07, 6.45) is 6.47. The lowest BCUT2D eigenvalue weighted by atomic mass is 9.76. The number of benzene rings is 2. The lowest BCUT2D eigenvalue weighted by molar-refractivity contribution is -0.142. The van der Waals surface area contributed by atoms with Gasteiger partial charge in [0.25, 0.3) is 0 Å². The summed E-state index contributed by atoms with van der Waals surface area (Å²) in [5.74, 6) is 0.671. The molecule has 7 heteroatoms. The van der Waals surface area contributed by atoms with Crippen molar-refractivity contribution >= 4 is 11.7 Å². The normalized spacial score (nSPS) is 25.2. The molecular formula is C29H33FN2O4. The van der Waals surface area contributed by atoms with Crippen LogP contribution in [0.2, 0.25) is 0 Å². The van der Waals surface area contributed by atoms with E-state index in [4.69, 9.17) is 9.57 Å². The SMILES string of the molecule is COc1cc(-c2ccc(F)cc2)c(C2CC2)cc1CN1CC2(CC([C@H]3CC[C@H](C(=O)O)CC3)=NO2)C1. The van der Waals surface area contributed by atoms with Gasteiger partial charge in [0.2, 0.25) is 0 Å². The maximum absolute atomic E-state index is 13.5. The summed E-state index contributed by atoms with van der Waals surface area (Å²) in [6.45, 7) is 2.44. The third-order valence-electron chi connectivity index (χ3n) is 8.45. The van der Waals surface area contributed by atoms with Gasteiger partial charge in [-0.25, -0.2) is 4.39 Å². The monoisotopic (exact) mass is 492 g/mol. The average Bonchev–Trinajstić information content (AvgIpc) is 3.62. The molecular weight excluding hydrogens is 459 g/mol. The van der Waals surface area contributed by atoms with Gasteiger partial charge in [0.15, 0.2) is 5.60 Å². The molecule has 3 fully saturated rings. The molecule has 190 valence electrons. The summed E-state index contributed by atoms with van der Waals surface area (Å²) in [5.41, 5.74) is 5.54. The number of halogens is 1. The molecule has 6 nitrogen and oxygen atoms in total. The first kappa shape index (κ1) is 23.5. The maximum atomic E-state index is 13.5. The Labute approximate surface area is 211 Å². The van der Waals surface area contributed by atoms with Crippen molar-refractivity contribution < 1.29 is 23.9 Å². The third kappa shape index (κ3) is 4.49. The Kier molecular flexibility index (Phi) is 5.98. The summed E-state index contributed by atoms with van der Waals surface area (Å²) in [5, 5.41) is 13.7. The van der Waals surface area contributed by atoms with Crippen LogP contribution in [-0.4, -0.2) is 47.5 Å². The number of carboxylic acid groups (broad SMARTS) is 1. The van der Waals surface area contributed by atoms with Crippen molar-refractivity contribution in [2.75, 3.05) is 20.2 Å². The van der Waals surface area contributed by atoms with E-state index in [1.807, 2.05) is 12.1 Å². The van der Waals surface area contributed by atoms with Gasteiger partial charge in [0.05, 0.1) is 18.7 Å². The van der Waals surface area contributed by atoms with Crippen LogP contribution < -0.4 is 4.74 Å². The van der Waals surface area contributed by atoms with Crippen LogP contribution in [0.15, 0.2) is 41.6 Å². The van der Waals surface area contributed by atoms with E-state index in [1.165, 1.54) is 36.1 Å². The van der Waals surface area contributed by atoms with Gasteiger partial charge in [-0.15, -0.1) is 0 Å². The fourth-order valence-corrected chi connectivity index (χ4v) is 6.30. The van der Waals surface area contributed by atoms with E-state index in [2.05, 4.69) is 22.2 Å². The number of aliphatic carboxylic acids is 1. The molecule has 2 saturated carbocycles. The number of oxime groups is 1. The molecule has 0 radical (unpaired) electrons. The van der Waals surface area contributed by atoms with Crippen LogP contribution in [0.4, 0.5) is 4.39 Å². The molecule has 2 aromatic carbocycles. The van der Waals surface area contributed by atoms with Crippen LogP contribution in [0.1, 0.15) is 62.0 Å². The predicted molar refractivity (Wildman–Crippen MR) is 135 cm³/mol. The molecule has 6 rings (SSSR count). The first-order valence-corrected chi connectivity index (χ1v) is 13.1.